The Kier molecular flexibility index (Phi) is 3.77. The third kappa shape index (κ3) is 2.39. The van der Waals surface area contributed by atoms with Crippen molar-refractivity contribution in [2.45, 2.75) is 19.8 Å². The van der Waals surface area contributed by atoms with E-state index in [1.165, 1.54) is 0 Å². The van der Waals surface area contributed by atoms with Gasteiger partial charge in [0.2, 0.25) is 0 Å². The maximum atomic E-state index is 13.1. The van der Waals surface area contributed by atoms with Crippen LogP contribution in [0.25, 0.3) is 0 Å². The number of ether oxygens (including phenoxy) is 1. The summed E-state index contributed by atoms with van der Waals surface area (Å²) in [5.74, 6) is -0.0346. The molecule has 14 heavy (non-hydrogen) atoms. The van der Waals surface area contributed by atoms with E-state index in [2.05, 4.69) is 9.97 Å². The molecule has 0 aliphatic rings. The van der Waals surface area contributed by atoms with Gasteiger partial charge in [-0.3, -0.25) is 0 Å². The van der Waals surface area contributed by atoms with Crippen molar-refractivity contribution < 1.29 is 9.13 Å². The first-order chi connectivity index (χ1) is 6.56. The van der Waals surface area contributed by atoms with Crippen molar-refractivity contribution in [3.8, 4) is 0 Å². The summed E-state index contributed by atoms with van der Waals surface area (Å²) in [4.78, 5) is 7.85. The fourth-order valence-electron chi connectivity index (χ4n) is 1.09. The Balaban J connectivity index is 3.00. The molecular weight excluding hydrogens is 207 g/mol. The lowest BCUT2D eigenvalue weighted by Crippen LogP contribution is -2.09. The summed E-state index contributed by atoms with van der Waals surface area (Å²) < 4.78 is 18.0. The van der Waals surface area contributed by atoms with Gasteiger partial charge in [-0.15, -0.1) is 0 Å². The Morgan fingerprint density at radius 1 is 1.50 bits per heavy atom. The summed E-state index contributed by atoms with van der Waals surface area (Å²) >= 11 is 5.60. The molecule has 0 aliphatic heterocycles. The topological polar surface area (TPSA) is 35.0 Å². The minimum absolute atomic E-state index is 0.0109. The molecule has 0 aliphatic carbocycles. The normalized spacial score (nSPS) is 12.9. The average Bonchev–Trinajstić information content (AvgIpc) is 2.13. The van der Waals surface area contributed by atoms with Crippen LogP contribution in [0.4, 0.5) is 4.39 Å². The molecule has 0 amide bonds. The summed E-state index contributed by atoms with van der Waals surface area (Å²) in [6.45, 7) is 3.94. The molecule has 0 spiro atoms. The highest BCUT2D eigenvalue weighted by molar-refractivity contribution is 6.29. The monoisotopic (exact) mass is 218 g/mol. The van der Waals surface area contributed by atoms with Crippen LogP contribution in [-0.4, -0.2) is 23.7 Å². The highest BCUT2D eigenvalue weighted by Gasteiger charge is 2.14. The molecule has 1 aromatic heterocycles. The zero-order valence-corrected chi connectivity index (χ0v) is 9.10. The number of rotatable bonds is 3. The highest BCUT2D eigenvalue weighted by Crippen LogP contribution is 2.18. The van der Waals surface area contributed by atoms with Crippen molar-refractivity contribution in [3.63, 3.8) is 0 Å². The molecule has 0 saturated heterocycles. The summed E-state index contributed by atoms with van der Waals surface area (Å²) in [6, 6.07) is 0. The van der Waals surface area contributed by atoms with E-state index in [0.717, 1.165) is 0 Å². The number of nitrogens with zero attached hydrogens (tertiary/aromatic N) is 2. The van der Waals surface area contributed by atoms with Crippen LogP contribution in [0.3, 0.4) is 0 Å². The third-order valence-electron chi connectivity index (χ3n) is 1.85. The fourth-order valence-corrected chi connectivity index (χ4v) is 1.31. The van der Waals surface area contributed by atoms with Gasteiger partial charge in [0.1, 0.15) is 5.82 Å². The summed E-state index contributed by atoms with van der Waals surface area (Å²) in [5, 5.41) is -0.129. The quantitative estimate of drug-likeness (QED) is 0.731. The van der Waals surface area contributed by atoms with Gasteiger partial charge in [0, 0.05) is 13.0 Å². The van der Waals surface area contributed by atoms with E-state index in [-0.39, 0.29) is 16.8 Å². The first-order valence-corrected chi connectivity index (χ1v) is 4.62. The lowest BCUT2D eigenvalue weighted by Gasteiger charge is -2.10. The predicted octanol–water partition coefficient (Wildman–Crippen LogP) is 2.33. The second kappa shape index (κ2) is 4.66. The number of hydrogen-bond donors (Lipinski definition) is 0. The maximum Gasteiger partial charge on any atom is 0.181 e. The van der Waals surface area contributed by atoms with Crippen LogP contribution in [0.5, 0.6) is 0 Å². The number of aryl methyl sites for hydroxylation is 1. The minimum atomic E-state index is -0.556. The van der Waals surface area contributed by atoms with Crippen LogP contribution in [0.2, 0.25) is 5.15 Å². The van der Waals surface area contributed by atoms with Gasteiger partial charge in [0.05, 0.1) is 12.3 Å². The van der Waals surface area contributed by atoms with E-state index in [0.29, 0.717) is 12.4 Å². The molecule has 1 aromatic rings. The first kappa shape index (κ1) is 11.3. The van der Waals surface area contributed by atoms with Crippen LogP contribution in [0.1, 0.15) is 24.4 Å². The molecule has 1 heterocycles. The molecule has 0 bridgehead atoms. The molecule has 5 heteroatoms. The van der Waals surface area contributed by atoms with E-state index < -0.39 is 5.82 Å². The standard InChI is InChI=1S/C9H12ClFN2O/c1-5(4-14-3)9-12-6(2)7(11)8(10)13-9/h5H,4H2,1-3H3. The van der Waals surface area contributed by atoms with Crippen LogP contribution in [-0.2, 0) is 4.74 Å². The molecule has 1 unspecified atom stereocenters. The zero-order valence-electron chi connectivity index (χ0n) is 8.34. The Labute approximate surface area is 87.3 Å². The van der Waals surface area contributed by atoms with Crippen LogP contribution >= 0.6 is 11.6 Å². The largest absolute Gasteiger partial charge is 0.384 e. The van der Waals surface area contributed by atoms with Crippen LogP contribution in [0.15, 0.2) is 0 Å². The molecule has 3 nitrogen and oxygen atoms in total. The predicted molar refractivity (Wildman–Crippen MR) is 52.0 cm³/mol. The lowest BCUT2D eigenvalue weighted by atomic mass is 10.2. The number of methoxy groups -OCH3 is 1. The van der Waals surface area contributed by atoms with Crippen molar-refractivity contribution in [3.05, 3.63) is 22.5 Å². The molecule has 1 rings (SSSR count). The van der Waals surface area contributed by atoms with Gasteiger partial charge in [0.15, 0.2) is 11.0 Å². The highest BCUT2D eigenvalue weighted by atomic mass is 35.5. The summed E-state index contributed by atoms with van der Waals surface area (Å²) in [7, 11) is 1.59. The van der Waals surface area contributed by atoms with Crippen LogP contribution < -0.4 is 0 Å². The molecular formula is C9H12ClFN2O. The molecule has 78 valence electrons. The Morgan fingerprint density at radius 2 is 2.14 bits per heavy atom. The van der Waals surface area contributed by atoms with Crippen molar-refractivity contribution in [1.29, 1.82) is 0 Å². The number of halogens is 2. The number of aromatic nitrogens is 2. The van der Waals surface area contributed by atoms with E-state index in [4.69, 9.17) is 16.3 Å². The molecule has 0 aromatic carbocycles. The van der Waals surface area contributed by atoms with Gasteiger partial charge in [-0.2, -0.15) is 0 Å². The Hall–Kier alpha value is -0.740. The van der Waals surface area contributed by atoms with E-state index in [1.807, 2.05) is 6.92 Å². The van der Waals surface area contributed by atoms with Crippen molar-refractivity contribution in [2.75, 3.05) is 13.7 Å². The summed E-state index contributed by atoms with van der Waals surface area (Å²) in [5.41, 5.74) is 0.267. The molecule has 0 N–H and O–H groups in total. The average molecular weight is 219 g/mol. The third-order valence-corrected chi connectivity index (χ3v) is 2.10. The lowest BCUT2D eigenvalue weighted by molar-refractivity contribution is 0.181. The van der Waals surface area contributed by atoms with Gasteiger partial charge in [-0.1, -0.05) is 18.5 Å². The first-order valence-electron chi connectivity index (χ1n) is 4.24. The summed E-state index contributed by atoms with van der Waals surface area (Å²) in [6.07, 6.45) is 0. The van der Waals surface area contributed by atoms with Gasteiger partial charge in [-0.25, -0.2) is 14.4 Å². The van der Waals surface area contributed by atoms with E-state index in [1.54, 1.807) is 14.0 Å². The Bertz CT molecular complexity index is 310. The van der Waals surface area contributed by atoms with Gasteiger partial charge >= 0.3 is 0 Å². The van der Waals surface area contributed by atoms with E-state index >= 15 is 0 Å². The molecule has 0 fully saturated rings. The second-order valence-electron chi connectivity index (χ2n) is 3.13. The van der Waals surface area contributed by atoms with Crippen molar-refractivity contribution >= 4 is 11.6 Å². The SMILES string of the molecule is COCC(C)c1nc(C)c(F)c(Cl)n1. The van der Waals surface area contributed by atoms with Gasteiger partial charge < -0.3 is 4.74 Å². The maximum absolute atomic E-state index is 13.1. The molecule has 0 saturated carbocycles. The van der Waals surface area contributed by atoms with Gasteiger partial charge in [0.25, 0.3) is 0 Å². The van der Waals surface area contributed by atoms with Crippen molar-refractivity contribution in [1.82, 2.24) is 9.97 Å². The van der Waals surface area contributed by atoms with E-state index in [9.17, 15) is 4.39 Å². The smallest absolute Gasteiger partial charge is 0.181 e. The second-order valence-corrected chi connectivity index (χ2v) is 3.49. The molecule has 1 atom stereocenters. The zero-order chi connectivity index (χ0) is 10.7. The minimum Gasteiger partial charge on any atom is -0.384 e. The van der Waals surface area contributed by atoms with Crippen LogP contribution in [0, 0.1) is 12.7 Å². The number of hydrogen-bond acceptors (Lipinski definition) is 3. The molecule has 0 radical (unpaired) electrons. The van der Waals surface area contributed by atoms with Gasteiger partial charge in [-0.05, 0) is 6.92 Å². The van der Waals surface area contributed by atoms with Crippen molar-refractivity contribution in [2.24, 2.45) is 0 Å². The fraction of sp³-hybridized carbons (Fsp3) is 0.556. The Morgan fingerprint density at radius 3 is 2.64 bits per heavy atom.